The summed E-state index contributed by atoms with van der Waals surface area (Å²) < 4.78 is 0. The van der Waals surface area contributed by atoms with Crippen LogP contribution in [0.4, 0.5) is 11.4 Å². The Morgan fingerprint density at radius 2 is 1.80 bits per heavy atom. The van der Waals surface area contributed by atoms with E-state index in [2.05, 4.69) is 0 Å². The number of nitrogens with two attached hydrogens (primary N) is 2. The molecule has 0 heterocycles. The van der Waals surface area contributed by atoms with Gasteiger partial charge in [0.15, 0.2) is 0 Å². The normalized spacial score (nSPS) is 8.50. The molecule has 10 heavy (non-hydrogen) atoms. The third-order valence-electron chi connectivity index (χ3n) is 1.02. The Labute approximate surface area is 70.6 Å². The number of halogens is 2. The number of hydrogen-bond acceptors (Lipinski definition) is 2. The van der Waals surface area contributed by atoms with Crippen molar-refractivity contribution in [3.05, 3.63) is 23.2 Å². The highest BCUT2D eigenvalue weighted by atomic mass is 35.5. The van der Waals surface area contributed by atoms with Gasteiger partial charge in [-0.1, -0.05) is 11.6 Å². The minimum absolute atomic E-state index is 0. The fourth-order valence-corrected chi connectivity index (χ4v) is 0.732. The van der Waals surface area contributed by atoms with Gasteiger partial charge in [0, 0.05) is 5.69 Å². The minimum Gasteiger partial charge on any atom is -0.399 e. The molecular weight excluding hydrogens is 171 g/mol. The van der Waals surface area contributed by atoms with E-state index in [1.807, 2.05) is 0 Å². The van der Waals surface area contributed by atoms with Crippen LogP contribution in [-0.2, 0) is 0 Å². The molecule has 1 aromatic carbocycles. The highest BCUT2D eigenvalue weighted by Gasteiger charge is 1.92. The van der Waals surface area contributed by atoms with E-state index >= 15 is 0 Å². The molecule has 0 bridgehead atoms. The Morgan fingerprint density at radius 1 is 1.20 bits per heavy atom. The molecule has 0 saturated carbocycles. The van der Waals surface area contributed by atoms with Crippen molar-refractivity contribution in [2.75, 3.05) is 11.5 Å². The second-order valence-electron chi connectivity index (χ2n) is 1.78. The third kappa shape index (κ3) is 1.97. The summed E-state index contributed by atoms with van der Waals surface area (Å²) in [6.07, 6.45) is 0. The van der Waals surface area contributed by atoms with E-state index in [1.54, 1.807) is 18.2 Å². The molecule has 0 unspecified atom stereocenters. The van der Waals surface area contributed by atoms with Crippen LogP contribution in [0.1, 0.15) is 0 Å². The highest BCUT2D eigenvalue weighted by molar-refractivity contribution is 6.33. The van der Waals surface area contributed by atoms with Gasteiger partial charge >= 0.3 is 0 Å². The number of rotatable bonds is 0. The molecule has 0 radical (unpaired) electrons. The van der Waals surface area contributed by atoms with Gasteiger partial charge in [0.2, 0.25) is 0 Å². The SMILES string of the molecule is Cl.Nc1ccc(N)c(Cl)c1. The molecule has 2 nitrogen and oxygen atoms in total. The largest absolute Gasteiger partial charge is 0.399 e. The lowest BCUT2D eigenvalue weighted by atomic mass is 10.3. The summed E-state index contributed by atoms with van der Waals surface area (Å²) in [6.45, 7) is 0. The van der Waals surface area contributed by atoms with Crippen LogP contribution in [0.2, 0.25) is 5.02 Å². The van der Waals surface area contributed by atoms with Gasteiger partial charge in [-0.05, 0) is 18.2 Å². The van der Waals surface area contributed by atoms with Crippen LogP contribution in [0.3, 0.4) is 0 Å². The van der Waals surface area contributed by atoms with E-state index in [4.69, 9.17) is 23.1 Å². The summed E-state index contributed by atoms with van der Waals surface area (Å²) in [5.74, 6) is 0. The fourth-order valence-electron chi connectivity index (χ4n) is 0.543. The van der Waals surface area contributed by atoms with Gasteiger partial charge in [0.25, 0.3) is 0 Å². The van der Waals surface area contributed by atoms with E-state index in [1.165, 1.54) is 0 Å². The van der Waals surface area contributed by atoms with Gasteiger partial charge in [-0.2, -0.15) is 0 Å². The van der Waals surface area contributed by atoms with Gasteiger partial charge in [0.1, 0.15) is 0 Å². The lowest BCUT2D eigenvalue weighted by molar-refractivity contribution is 1.66. The lowest BCUT2D eigenvalue weighted by Crippen LogP contribution is -1.88. The molecule has 0 fully saturated rings. The molecule has 0 aliphatic carbocycles. The van der Waals surface area contributed by atoms with Crippen LogP contribution >= 0.6 is 24.0 Å². The molecule has 0 amide bonds. The first-order valence-corrected chi connectivity index (χ1v) is 2.88. The minimum atomic E-state index is 0. The van der Waals surface area contributed by atoms with E-state index in [-0.39, 0.29) is 12.4 Å². The first-order chi connectivity index (χ1) is 4.20. The van der Waals surface area contributed by atoms with Gasteiger partial charge in [0.05, 0.1) is 10.7 Å². The molecule has 0 saturated heterocycles. The van der Waals surface area contributed by atoms with Crippen molar-refractivity contribution in [1.82, 2.24) is 0 Å². The van der Waals surface area contributed by atoms with E-state index in [9.17, 15) is 0 Å². The van der Waals surface area contributed by atoms with Crippen LogP contribution in [0, 0.1) is 0 Å². The second kappa shape index (κ2) is 3.54. The van der Waals surface area contributed by atoms with E-state index in [0.29, 0.717) is 16.4 Å². The molecule has 4 heteroatoms. The maximum atomic E-state index is 5.61. The van der Waals surface area contributed by atoms with Gasteiger partial charge in [-0.25, -0.2) is 0 Å². The number of benzene rings is 1. The lowest BCUT2D eigenvalue weighted by Gasteiger charge is -1.96. The molecule has 1 rings (SSSR count). The molecule has 0 aliphatic rings. The summed E-state index contributed by atoms with van der Waals surface area (Å²) in [6, 6.07) is 5.01. The Hall–Kier alpha value is -0.600. The quantitative estimate of drug-likeness (QED) is 0.597. The zero-order valence-electron chi connectivity index (χ0n) is 5.17. The molecule has 0 spiro atoms. The fraction of sp³-hybridized carbons (Fsp3) is 0. The third-order valence-corrected chi connectivity index (χ3v) is 1.35. The highest BCUT2D eigenvalue weighted by Crippen LogP contribution is 2.20. The zero-order valence-corrected chi connectivity index (χ0v) is 6.75. The monoisotopic (exact) mass is 178 g/mol. The van der Waals surface area contributed by atoms with Crippen molar-refractivity contribution < 1.29 is 0 Å². The van der Waals surface area contributed by atoms with Crippen molar-refractivity contribution in [3.63, 3.8) is 0 Å². The van der Waals surface area contributed by atoms with Crippen molar-refractivity contribution in [1.29, 1.82) is 0 Å². The first-order valence-electron chi connectivity index (χ1n) is 2.50. The number of hydrogen-bond donors (Lipinski definition) is 2. The average molecular weight is 179 g/mol. The van der Waals surface area contributed by atoms with Gasteiger partial charge < -0.3 is 11.5 Å². The summed E-state index contributed by atoms with van der Waals surface area (Å²) >= 11 is 5.61. The molecule has 56 valence electrons. The smallest absolute Gasteiger partial charge is 0.0655 e. The summed E-state index contributed by atoms with van der Waals surface area (Å²) in [5.41, 5.74) is 12.0. The van der Waals surface area contributed by atoms with Crippen LogP contribution in [0.15, 0.2) is 18.2 Å². The topological polar surface area (TPSA) is 52.0 Å². The van der Waals surface area contributed by atoms with Crippen molar-refractivity contribution in [2.45, 2.75) is 0 Å². The Morgan fingerprint density at radius 3 is 2.20 bits per heavy atom. The van der Waals surface area contributed by atoms with Crippen LogP contribution in [0.25, 0.3) is 0 Å². The summed E-state index contributed by atoms with van der Waals surface area (Å²) in [5, 5.41) is 0.509. The molecule has 0 aliphatic heterocycles. The van der Waals surface area contributed by atoms with Gasteiger partial charge in [-0.3, -0.25) is 0 Å². The average Bonchev–Trinajstić information content (AvgIpc) is 1.80. The maximum Gasteiger partial charge on any atom is 0.0655 e. The Bertz CT molecular complexity index is 225. The predicted molar refractivity (Wildman–Crippen MR) is 47.5 cm³/mol. The second-order valence-corrected chi connectivity index (χ2v) is 2.19. The molecule has 1 aromatic rings. The zero-order chi connectivity index (χ0) is 6.85. The Kier molecular flexibility index (Phi) is 3.33. The van der Waals surface area contributed by atoms with Crippen molar-refractivity contribution in [3.8, 4) is 0 Å². The Balaban J connectivity index is 0.000000810. The van der Waals surface area contributed by atoms with E-state index in [0.717, 1.165) is 0 Å². The summed E-state index contributed by atoms with van der Waals surface area (Å²) in [4.78, 5) is 0. The van der Waals surface area contributed by atoms with Crippen molar-refractivity contribution in [2.24, 2.45) is 0 Å². The first kappa shape index (κ1) is 9.40. The maximum absolute atomic E-state index is 5.61. The molecule has 4 N–H and O–H groups in total. The number of nitrogen functional groups attached to an aromatic ring is 2. The van der Waals surface area contributed by atoms with E-state index < -0.39 is 0 Å². The molecular formula is C6H8Cl2N2. The standard InChI is InChI=1S/C6H7ClN2.ClH/c7-5-3-4(8)1-2-6(5)9;/h1-3H,8-9H2;1H. The molecule has 0 aromatic heterocycles. The van der Waals surface area contributed by atoms with Crippen LogP contribution in [-0.4, -0.2) is 0 Å². The number of anilines is 2. The van der Waals surface area contributed by atoms with Gasteiger partial charge in [-0.15, -0.1) is 12.4 Å². The van der Waals surface area contributed by atoms with Crippen LogP contribution < -0.4 is 11.5 Å². The van der Waals surface area contributed by atoms with Crippen molar-refractivity contribution >= 4 is 35.4 Å². The van der Waals surface area contributed by atoms with Crippen LogP contribution in [0.5, 0.6) is 0 Å². The molecule has 0 atom stereocenters. The predicted octanol–water partition coefficient (Wildman–Crippen LogP) is 1.93. The summed E-state index contributed by atoms with van der Waals surface area (Å²) in [7, 11) is 0.